The van der Waals surface area contributed by atoms with Crippen molar-refractivity contribution in [1.29, 1.82) is 0 Å². The van der Waals surface area contributed by atoms with Gasteiger partial charge in [-0.25, -0.2) is 0 Å². The molecule has 0 saturated carbocycles. The van der Waals surface area contributed by atoms with E-state index in [0.717, 1.165) is 16.8 Å². The second-order valence-corrected chi connectivity index (χ2v) is 5.14. The topological polar surface area (TPSA) is 49.4 Å². The van der Waals surface area contributed by atoms with Crippen LogP contribution in [0.1, 0.15) is 21.5 Å². The van der Waals surface area contributed by atoms with Crippen LogP contribution < -0.4 is 10.2 Å². The molecule has 2 amide bonds. The van der Waals surface area contributed by atoms with Crippen LogP contribution in [0.15, 0.2) is 48.5 Å². The minimum absolute atomic E-state index is 0.0932. The molecule has 1 aliphatic rings. The highest BCUT2D eigenvalue weighted by Gasteiger charge is 2.23. The van der Waals surface area contributed by atoms with Crippen molar-refractivity contribution >= 4 is 17.5 Å². The maximum atomic E-state index is 12.0. The van der Waals surface area contributed by atoms with E-state index >= 15 is 0 Å². The van der Waals surface area contributed by atoms with Gasteiger partial charge >= 0.3 is 0 Å². The first kappa shape index (κ1) is 13.4. The SMILES string of the molecule is CN1C(=O)Cc2cc(CNC(=O)c3ccccc3)ccc21. The maximum Gasteiger partial charge on any atom is 0.251 e. The number of nitrogens with one attached hydrogen (secondary N) is 1. The summed E-state index contributed by atoms with van der Waals surface area (Å²) in [7, 11) is 1.78. The lowest BCUT2D eigenvalue weighted by molar-refractivity contribution is -0.117. The summed E-state index contributed by atoms with van der Waals surface area (Å²) in [6.07, 6.45) is 0.437. The van der Waals surface area contributed by atoms with Gasteiger partial charge in [0.25, 0.3) is 5.91 Å². The summed E-state index contributed by atoms with van der Waals surface area (Å²) in [5.41, 5.74) is 3.63. The van der Waals surface area contributed by atoms with Gasteiger partial charge in [0.15, 0.2) is 0 Å². The van der Waals surface area contributed by atoms with Gasteiger partial charge in [-0.05, 0) is 29.3 Å². The average Bonchev–Trinajstić information content (AvgIpc) is 2.80. The Bertz CT molecular complexity index is 695. The maximum absolute atomic E-state index is 12.0. The first-order valence-electron chi connectivity index (χ1n) is 6.87. The zero-order valence-corrected chi connectivity index (χ0v) is 11.8. The molecule has 0 aromatic heterocycles. The van der Waals surface area contributed by atoms with Crippen LogP contribution in [0.5, 0.6) is 0 Å². The Hall–Kier alpha value is -2.62. The molecule has 21 heavy (non-hydrogen) atoms. The highest BCUT2D eigenvalue weighted by molar-refractivity contribution is 6.01. The number of benzene rings is 2. The standard InChI is InChI=1S/C17H16N2O2/c1-19-15-8-7-12(9-14(15)10-16(19)20)11-18-17(21)13-5-3-2-4-6-13/h2-9H,10-11H2,1H3,(H,18,21). The van der Waals surface area contributed by atoms with Crippen molar-refractivity contribution in [2.24, 2.45) is 0 Å². The van der Waals surface area contributed by atoms with E-state index in [0.29, 0.717) is 18.5 Å². The number of hydrogen-bond donors (Lipinski definition) is 1. The van der Waals surface area contributed by atoms with E-state index in [1.165, 1.54) is 0 Å². The van der Waals surface area contributed by atoms with Crippen LogP contribution >= 0.6 is 0 Å². The summed E-state index contributed by atoms with van der Waals surface area (Å²) in [4.78, 5) is 25.3. The van der Waals surface area contributed by atoms with Crippen molar-refractivity contribution in [3.63, 3.8) is 0 Å². The van der Waals surface area contributed by atoms with Crippen molar-refractivity contribution in [1.82, 2.24) is 5.32 Å². The van der Waals surface area contributed by atoms with E-state index in [9.17, 15) is 9.59 Å². The molecule has 1 heterocycles. The molecule has 0 spiro atoms. The fraction of sp³-hybridized carbons (Fsp3) is 0.176. The van der Waals surface area contributed by atoms with Crippen LogP contribution in [-0.2, 0) is 17.8 Å². The van der Waals surface area contributed by atoms with Gasteiger partial charge in [0.05, 0.1) is 6.42 Å². The van der Waals surface area contributed by atoms with E-state index in [4.69, 9.17) is 0 Å². The van der Waals surface area contributed by atoms with E-state index in [1.807, 2.05) is 36.4 Å². The third kappa shape index (κ3) is 2.65. The zero-order chi connectivity index (χ0) is 14.8. The van der Waals surface area contributed by atoms with Gasteiger partial charge in [-0.3, -0.25) is 9.59 Å². The van der Waals surface area contributed by atoms with Crippen molar-refractivity contribution in [3.8, 4) is 0 Å². The Balaban J connectivity index is 1.69. The van der Waals surface area contributed by atoms with Crippen molar-refractivity contribution in [2.75, 3.05) is 11.9 Å². The van der Waals surface area contributed by atoms with Crippen molar-refractivity contribution < 1.29 is 9.59 Å². The number of amides is 2. The van der Waals surface area contributed by atoms with Gasteiger partial charge in [-0.1, -0.05) is 30.3 Å². The molecule has 2 aromatic carbocycles. The molecule has 1 N–H and O–H groups in total. The van der Waals surface area contributed by atoms with E-state index in [-0.39, 0.29) is 11.8 Å². The fourth-order valence-electron chi connectivity index (χ4n) is 2.51. The summed E-state index contributed by atoms with van der Waals surface area (Å²) >= 11 is 0. The number of nitrogens with zero attached hydrogens (tertiary/aromatic N) is 1. The fourth-order valence-corrected chi connectivity index (χ4v) is 2.51. The van der Waals surface area contributed by atoms with Crippen LogP contribution in [-0.4, -0.2) is 18.9 Å². The van der Waals surface area contributed by atoms with Gasteiger partial charge in [0, 0.05) is 24.8 Å². The third-order valence-corrected chi connectivity index (χ3v) is 3.71. The molecule has 1 aliphatic heterocycles. The van der Waals surface area contributed by atoms with Gasteiger partial charge in [0.1, 0.15) is 0 Å². The van der Waals surface area contributed by atoms with E-state index in [2.05, 4.69) is 5.32 Å². The summed E-state index contributed by atoms with van der Waals surface area (Å²) in [6, 6.07) is 15.0. The average molecular weight is 280 g/mol. The monoisotopic (exact) mass is 280 g/mol. The lowest BCUT2D eigenvalue weighted by atomic mass is 10.1. The number of carbonyl (C=O) groups excluding carboxylic acids is 2. The van der Waals surface area contributed by atoms with Crippen molar-refractivity contribution in [3.05, 3.63) is 65.2 Å². The molecule has 0 aliphatic carbocycles. The minimum Gasteiger partial charge on any atom is -0.348 e. The van der Waals surface area contributed by atoms with Crippen LogP contribution in [0.4, 0.5) is 5.69 Å². The molecule has 0 saturated heterocycles. The van der Waals surface area contributed by atoms with Gasteiger partial charge in [-0.2, -0.15) is 0 Å². The first-order valence-corrected chi connectivity index (χ1v) is 6.87. The van der Waals surface area contributed by atoms with Crippen LogP contribution in [0.3, 0.4) is 0 Å². The van der Waals surface area contributed by atoms with E-state index in [1.54, 1.807) is 24.1 Å². The number of anilines is 1. The van der Waals surface area contributed by atoms with Crippen LogP contribution in [0.25, 0.3) is 0 Å². The first-order chi connectivity index (χ1) is 10.1. The lowest BCUT2D eigenvalue weighted by Gasteiger charge is -2.11. The number of likely N-dealkylation sites (N-methyl/N-ethyl adjacent to an activating group) is 1. The smallest absolute Gasteiger partial charge is 0.251 e. The summed E-state index contributed by atoms with van der Waals surface area (Å²) in [5, 5.41) is 2.89. The Morgan fingerprint density at radius 1 is 1.19 bits per heavy atom. The molecule has 4 heteroatoms. The molecule has 4 nitrogen and oxygen atoms in total. The second-order valence-electron chi connectivity index (χ2n) is 5.14. The Labute approximate surface area is 123 Å². The number of carbonyl (C=O) groups is 2. The largest absolute Gasteiger partial charge is 0.348 e. The van der Waals surface area contributed by atoms with Crippen molar-refractivity contribution in [2.45, 2.75) is 13.0 Å². The quantitative estimate of drug-likeness (QED) is 0.936. The van der Waals surface area contributed by atoms with Crippen LogP contribution in [0, 0.1) is 0 Å². The third-order valence-electron chi connectivity index (χ3n) is 3.71. The summed E-state index contributed by atoms with van der Waals surface area (Å²) in [5.74, 6) is 0.0137. The Morgan fingerprint density at radius 3 is 2.71 bits per heavy atom. The van der Waals surface area contributed by atoms with Gasteiger partial charge < -0.3 is 10.2 Å². The molecule has 0 bridgehead atoms. The molecule has 0 atom stereocenters. The van der Waals surface area contributed by atoms with E-state index < -0.39 is 0 Å². The Morgan fingerprint density at radius 2 is 1.95 bits per heavy atom. The lowest BCUT2D eigenvalue weighted by Crippen LogP contribution is -2.22. The predicted molar refractivity (Wildman–Crippen MR) is 81.2 cm³/mol. The zero-order valence-electron chi connectivity index (χ0n) is 11.8. The summed E-state index contributed by atoms with van der Waals surface area (Å²) < 4.78 is 0. The molecular weight excluding hydrogens is 264 g/mol. The number of fused-ring (bicyclic) bond motifs is 1. The predicted octanol–water partition coefficient (Wildman–Crippen LogP) is 2.14. The number of hydrogen-bond acceptors (Lipinski definition) is 2. The second kappa shape index (κ2) is 5.40. The summed E-state index contributed by atoms with van der Waals surface area (Å²) in [6.45, 7) is 0.457. The molecule has 0 unspecified atom stereocenters. The molecule has 0 radical (unpaired) electrons. The highest BCUT2D eigenvalue weighted by atomic mass is 16.2. The van der Waals surface area contributed by atoms with Gasteiger partial charge in [-0.15, -0.1) is 0 Å². The molecule has 3 rings (SSSR count). The molecule has 2 aromatic rings. The highest BCUT2D eigenvalue weighted by Crippen LogP contribution is 2.28. The van der Waals surface area contributed by atoms with Crippen LogP contribution in [0.2, 0.25) is 0 Å². The normalized spacial score (nSPS) is 13.2. The molecule has 0 fully saturated rings. The van der Waals surface area contributed by atoms with Gasteiger partial charge in [0.2, 0.25) is 5.91 Å². The number of rotatable bonds is 3. The Kier molecular flexibility index (Phi) is 3.44. The minimum atomic E-state index is -0.0932. The molecular formula is C17H16N2O2. The molecule has 106 valence electrons.